The number of carbonyl (C=O) groups is 1. The van der Waals surface area contributed by atoms with Crippen molar-refractivity contribution in [2.24, 2.45) is 0 Å². The van der Waals surface area contributed by atoms with Gasteiger partial charge >= 0.3 is 0 Å². The Balaban J connectivity index is 1.32. The van der Waals surface area contributed by atoms with Gasteiger partial charge in [-0.1, -0.05) is 54.6 Å². The summed E-state index contributed by atoms with van der Waals surface area (Å²) >= 11 is 0. The number of hydrogen-bond donors (Lipinski definition) is 1. The zero-order chi connectivity index (χ0) is 20.8. The van der Waals surface area contributed by atoms with Crippen molar-refractivity contribution in [3.05, 3.63) is 84.2 Å². The number of ether oxygens (including phenoxy) is 1. The van der Waals surface area contributed by atoms with Crippen molar-refractivity contribution in [3.63, 3.8) is 0 Å². The molecule has 1 fully saturated rings. The fourth-order valence-corrected chi connectivity index (χ4v) is 3.66. The third kappa shape index (κ3) is 5.05. The molecule has 1 aromatic heterocycles. The summed E-state index contributed by atoms with van der Waals surface area (Å²) < 4.78 is 5.40. The van der Waals surface area contributed by atoms with Crippen LogP contribution in [0.4, 0.5) is 5.69 Å². The molecule has 2 aromatic carbocycles. The zero-order valence-corrected chi connectivity index (χ0v) is 17.3. The van der Waals surface area contributed by atoms with E-state index in [9.17, 15) is 4.79 Å². The van der Waals surface area contributed by atoms with E-state index in [0.29, 0.717) is 6.42 Å². The van der Waals surface area contributed by atoms with E-state index in [2.05, 4.69) is 45.5 Å². The van der Waals surface area contributed by atoms with Gasteiger partial charge in [0, 0.05) is 13.1 Å². The Morgan fingerprint density at radius 2 is 1.70 bits per heavy atom. The van der Waals surface area contributed by atoms with E-state index < -0.39 is 0 Å². The summed E-state index contributed by atoms with van der Waals surface area (Å²) in [5, 5.41) is 3.05. The lowest BCUT2D eigenvalue weighted by molar-refractivity contribution is -0.121. The maximum Gasteiger partial charge on any atom is 0.224 e. The molecule has 0 radical (unpaired) electrons. The number of carbonyl (C=O) groups excluding carboxylic acids is 1. The molecule has 1 aliphatic heterocycles. The molecule has 3 aromatic rings. The van der Waals surface area contributed by atoms with E-state index in [1.165, 1.54) is 5.56 Å². The minimum Gasteiger partial charge on any atom is -0.378 e. The third-order valence-electron chi connectivity index (χ3n) is 5.39. The monoisotopic (exact) mass is 401 g/mol. The van der Waals surface area contributed by atoms with Crippen LogP contribution in [0.15, 0.2) is 72.9 Å². The highest BCUT2D eigenvalue weighted by Crippen LogP contribution is 2.20. The molecule has 5 nitrogen and oxygen atoms in total. The topological polar surface area (TPSA) is 54.5 Å². The van der Waals surface area contributed by atoms with E-state index in [1.54, 1.807) is 0 Å². The lowest BCUT2D eigenvalue weighted by Gasteiger charge is -2.28. The number of aromatic nitrogens is 1. The minimum absolute atomic E-state index is 0.00554. The molecule has 154 valence electrons. The number of rotatable bonds is 6. The van der Waals surface area contributed by atoms with Crippen molar-refractivity contribution in [1.82, 2.24) is 10.3 Å². The first-order valence-corrected chi connectivity index (χ1v) is 10.4. The summed E-state index contributed by atoms with van der Waals surface area (Å²) in [5.41, 5.74) is 5.28. The Labute approximate surface area is 177 Å². The van der Waals surface area contributed by atoms with Gasteiger partial charge in [0.2, 0.25) is 5.91 Å². The quantitative estimate of drug-likeness (QED) is 0.678. The largest absolute Gasteiger partial charge is 0.378 e. The van der Waals surface area contributed by atoms with Crippen LogP contribution < -0.4 is 10.2 Å². The first-order chi connectivity index (χ1) is 14.7. The van der Waals surface area contributed by atoms with E-state index >= 15 is 0 Å². The van der Waals surface area contributed by atoms with Crippen LogP contribution in [0.5, 0.6) is 0 Å². The van der Waals surface area contributed by atoms with Crippen molar-refractivity contribution in [1.29, 1.82) is 0 Å². The van der Waals surface area contributed by atoms with Gasteiger partial charge < -0.3 is 15.0 Å². The fraction of sp³-hybridized carbons (Fsp3) is 0.280. The molecule has 0 saturated carbocycles. The smallest absolute Gasteiger partial charge is 0.224 e. The lowest BCUT2D eigenvalue weighted by Crippen LogP contribution is -2.36. The number of morpholine rings is 1. The van der Waals surface area contributed by atoms with Crippen LogP contribution in [-0.2, 0) is 16.0 Å². The van der Waals surface area contributed by atoms with Crippen LogP contribution in [0.25, 0.3) is 11.1 Å². The van der Waals surface area contributed by atoms with Crippen molar-refractivity contribution in [2.75, 3.05) is 31.2 Å². The van der Waals surface area contributed by atoms with E-state index in [0.717, 1.165) is 48.8 Å². The molecular formula is C25H27N3O2. The average Bonchev–Trinajstić information content (AvgIpc) is 2.81. The molecule has 4 rings (SSSR count). The van der Waals surface area contributed by atoms with Gasteiger partial charge in [-0.2, -0.15) is 0 Å². The second kappa shape index (κ2) is 9.55. The Kier molecular flexibility index (Phi) is 6.40. The van der Waals surface area contributed by atoms with Gasteiger partial charge in [-0.3, -0.25) is 9.78 Å². The molecule has 2 heterocycles. The summed E-state index contributed by atoms with van der Waals surface area (Å²) in [4.78, 5) is 19.3. The summed E-state index contributed by atoms with van der Waals surface area (Å²) in [6, 6.07) is 22.3. The van der Waals surface area contributed by atoms with Gasteiger partial charge in [0.1, 0.15) is 0 Å². The van der Waals surface area contributed by atoms with Crippen LogP contribution in [0, 0.1) is 0 Å². The van der Waals surface area contributed by atoms with Gasteiger partial charge in [-0.05, 0) is 35.7 Å². The number of pyridine rings is 1. The predicted octanol–water partition coefficient (Wildman–Crippen LogP) is 4.01. The molecule has 0 bridgehead atoms. The maximum atomic E-state index is 12.5. The molecule has 1 atom stereocenters. The van der Waals surface area contributed by atoms with E-state index in [1.807, 2.05) is 49.5 Å². The lowest BCUT2D eigenvalue weighted by atomic mass is 10.0. The predicted molar refractivity (Wildman–Crippen MR) is 119 cm³/mol. The molecule has 30 heavy (non-hydrogen) atoms. The van der Waals surface area contributed by atoms with Crippen LogP contribution in [0.1, 0.15) is 24.2 Å². The summed E-state index contributed by atoms with van der Waals surface area (Å²) in [6.45, 7) is 5.24. The van der Waals surface area contributed by atoms with Gasteiger partial charge in [-0.25, -0.2) is 0 Å². The maximum absolute atomic E-state index is 12.5. The minimum atomic E-state index is -0.139. The first kappa shape index (κ1) is 20.1. The summed E-state index contributed by atoms with van der Waals surface area (Å²) in [6.07, 6.45) is 2.23. The van der Waals surface area contributed by atoms with Gasteiger partial charge in [0.15, 0.2) is 0 Å². The number of hydrogen-bond acceptors (Lipinski definition) is 4. The molecular weight excluding hydrogens is 374 g/mol. The molecule has 0 spiro atoms. The Morgan fingerprint density at radius 1 is 1.00 bits per heavy atom. The summed E-state index contributed by atoms with van der Waals surface area (Å²) in [7, 11) is 0. The zero-order valence-electron chi connectivity index (χ0n) is 17.3. The highest BCUT2D eigenvalue weighted by molar-refractivity contribution is 5.79. The number of nitrogens with zero attached hydrogens (tertiary/aromatic N) is 2. The number of amides is 1. The standard InChI is InChI=1S/C25H27N3O2/c1-19(24-12-11-23(18-26-24)28-13-15-30-16-14-28)27-25(29)17-20-7-9-22(10-8-20)21-5-3-2-4-6-21/h2-12,18-19H,13-17H2,1H3,(H,27,29)/t19-/m1/s1. The Hall–Kier alpha value is -3.18. The highest BCUT2D eigenvalue weighted by atomic mass is 16.5. The average molecular weight is 402 g/mol. The molecule has 0 unspecified atom stereocenters. The molecule has 1 saturated heterocycles. The van der Waals surface area contributed by atoms with Gasteiger partial charge in [0.25, 0.3) is 0 Å². The Morgan fingerprint density at radius 3 is 2.37 bits per heavy atom. The normalized spacial score (nSPS) is 14.9. The molecule has 0 aliphatic carbocycles. The molecule has 5 heteroatoms. The van der Waals surface area contributed by atoms with Crippen LogP contribution in [-0.4, -0.2) is 37.2 Å². The number of benzene rings is 2. The number of nitrogens with one attached hydrogen (secondary N) is 1. The van der Waals surface area contributed by atoms with Crippen molar-refractivity contribution in [3.8, 4) is 11.1 Å². The second-order valence-corrected chi connectivity index (χ2v) is 7.57. The molecule has 1 N–H and O–H groups in total. The van der Waals surface area contributed by atoms with Gasteiger partial charge in [-0.15, -0.1) is 0 Å². The fourth-order valence-electron chi connectivity index (χ4n) is 3.66. The van der Waals surface area contributed by atoms with E-state index in [4.69, 9.17) is 4.74 Å². The SMILES string of the molecule is C[C@@H](NC(=O)Cc1ccc(-c2ccccc2)cc1)c1ccc(N2CCOCC2)cn1. The van der Waals surface area contributed by atoms with Crippen LogP contribution in [0.3, 0.4) is 0 Å². The second-order valence-electron chi connectivity index (χ2n) is 7.57. The molecule has 1 amide bonds. The van der Waals surface area contributed by atoms with E-state index in [-0.39, 0.29) is 11.9 Å². The first-order valence-electron chi connectivity index (χ1n) is 10.4. The van der Waals surface area contributed by atoms with Crippen LogP contribution >= 0.6 is 0 Å². The van der Waals surface area contributed by atoms with Crippen LogP contribution in [0.2, 0.25) is 0 Å². The number of anilines is 1. The third-order valence-corrected chi connectivity index (χ3v) is 5.39. The Bertz CT molecular complexity index is 950. The summed E-state index contributed by atoms with van der Waals surface area (Å²) in [5.74, 6) is -0.00554. The van der Waals surface area contributed by atoms with Crippen molar-refractivity contribution < 1.29 is 9.53 Å². The highest BCUT2D eigenvalue weighted by Gasteiger charge is 2.14. The van der Waals surface area contributed by atoms with Crippen molar-refractivity contribution in [2.45, 2.75) is 19.4 Å². The molecule has 1 aliphatic rings. The van der Waals surface area contributed by atoms with Crippen molar-refractivity contribution >= 4 is 11.6 Å². The van der Waals surface area contributed by atoms with Gasteiger partial charge in [0.05, 0.1) is 43.3 Å².